The molecule has 0 unspecified atom stereocenters. The van der Waals surface area contributed by atoms with E-state index in [1.165, 1.54) is 17.1 Å². The molecular formula is C26H27FN10. The monoisotopic (exact) mass is 498 g/mol. The van der Waals surface area contributed by atoms with Gasteiger partial charge in [-0.05, 0) is 59.0 Å². The summed E-state index contributed by atoms with van der Waals surface area (Å²) in [6, 6.07) is 8.68. The average molecular weight is 499 g/mol. The number of rotatable bonds is 6. The molecule has 1 aromatic carbocycles. The lowest BCUT2D eigenvalue weighted by Crippen LogP contribution is -2.34. The average Bonchev–Trinajstić information content (AvgIpc) is 3.61. The molecule has 0 spiro atoms. The number of halogens is 1. The molecule has 11 heteroatoms. The molecule has 1 aliphatic rings. The van der Waals surface area contributed by atoms with E-state index < -0.39 is 5.82 Å². The summed E-state index contributed by atoms with van der Waals surface area (Å²) < 4.78 is 18.4. The maximum atomic E-state index is 14.9. The van der Waals surface area contributed by atoms with E-state index in [0.29, 0.717) is 23.2 Å². The minimum absolute atomic E-state index is 0.353. The number of pyridine rings is 1. The van der Waals surface area contributed by atoms with Crippen molar-refractivity contribution in [1.82, 2.24) is 39.6 Å². The molecule has 37 heavy (non-hydrogen) atoms. The Bertz CT molecular complexity index is 1500. The number of hydrogen-bond donors (Lipinski definition) is 1. The Kier molecular flexibility index (Phi) is 5.95. The molecule has 10 nitrogen and oxygen atoms in total. The van der Waals surface area contributed by atoms with Crippen molar-refractivity contribution in [3.05, 3.63) is 78.5 Å². The van der Waals surface area contributed by atoms with Gasteiger partial charge in [-0.2, -0.15) is 0 Å². The summed E-state index contributed by atoms with van der Waals surface area (Å²) in [5, 5.41) is 14.2. The number of hydrogen-bond acceptors (Lipinski definition) is 8. The van der Waals surface area contributed by atoms with Gasteiger partial charge >= 0.3 is 0 Å². The molecule has 5 aromatic rings. The van der Waals surface area contributed by atoms with Crippen LogP contribution in [-0.4, -0.2) is 52.6 Å². The third kappa shape index (κ3) is 4.48. The molecular weight excluding hydrogens is 471 g/mol. The third-order valence-corrected chi connectivity index (χ3v) is 6.92. The fourth-order valence-corrected chi connectivity index (χ4v) is 4.77. The number of tetrazole rings is 1. The fraction of sp³-hybridized carbons (Fsp3) is 0.308. The number of nitrogens with zero attached hydrogens (tertiary/aromatic N) is 9. The van der Waals surface area contributed by atoms with Crippen molar-refractivity contribution in [2.75, 3.05) is 23.3 Å². The van der Waals surface area contributed by atoms with Gasteiger partial charge in [0.15, 0.2) is 5.65 Å². The summed E-state index contributed by atoms with van der Waals surface area (Å²) in [6.45, 7) is 6.06. The van der Waals surface area contributed by atoms with Gasteiger partial charge in [-0.15, -0.1) is 5.10 Å². The van der Waals surface area contributed by atoms with Crippen molar-refractivity contribution in [3.8, 4) is 5.69 Å². The highest BCUT2D eigenvalue weighted by molar-refractivity contribution is 5.74. The maximum absolute atomic E-state index is 14.9. The summed E-state index contributed by atoms with van der Waals surface area (Å²) in [5.41, 5.74) is 4.70. The third-order valence-electron chi connectivity index (χ3n) is 6.92. The molecule has 1 saturated heterocycles. The van der Waals surface area contributed by atoms with Gasteiger partial charge in [0.2, 0.25) is 5.95 Å². The predicted molar refractivity (Wildman–Crippen MR) is 138 cm³/mol. The SMILES string of the molecule is CC(C)c1cnc(N2CCC(c3cnc4c(Nc5ccc(-n6cnnn6)cc5F)cccn34)CC2)nc1. The van der Waals surface area contributed by atoms with Crippen LogP contribution in [0.4, 0.5) is 21.7 Å². The highest BCUT2D eigenvalue weighted by Gasteiger charge is 2.25. The van der Waals surface area contributed by atoms with Crippen LogP contribution in [0.15, 0.2) is 61.4 Å². The Morgan fingerprint density at radius 1 is 1.00 bits per heavy atom. The topological polar surface area (TPSA) is 102 Å². The summed E-state index contributed by atoms with van der Waals surface area (Å²) in [6.07, 6.45) is 11.2. The van der Waals surface area contributed by atoms with Crippen LogP contribution in [0.5, 0.6) is 0 Å². The molecule has 0 bridgehead atoms. The van der Waals surface area contributed by atoms with Gasteiger partial charge in [-0.3, -0.25) is 0 Å². The van der Waals surface area contributed by atoms with Crippen molar-refractivity contribution in [1.29, 1.82) is 0 Å². The van der Waals surface area contributed by atoms with Crippen molar-refractivity contribution in [2.24, 2.45) is 0 Å². The number of nitrogens with one attached hydrogen (secondary N) is 1. The van der Waals surface area contributed by atoms with Gasteiger partial charge in [-0.25, -0.2) is 24.0 Å². The van der Waals surface area contributed by atoms with Crippen LogP contribution in [-0.2, 0) is 0 Å². The summed E-state index contributed by atoms with van der Waals surface area (Å²) >= 11 is 0. The molecule has 0 atom stereocenters. The van der Waals surface area contributed by atoms with Crippen LogP contribution in [0.1, 0.15) is 49.8 Å². The summed E-state index contributed by atoms with van der Waals surface area (Å²) in [5.74, 6) is 1.17. The van der Waals surface area contributed by atoms with Gasteiger partial charge in [0, 0.05) is 55.6 Å². The van der Waals surface area contributed by atoms with Gasteiger partial charge < -0.3 is 14.6 Å². The number of anilines is 3. The molecule has 5 heterocycles. The van der Waals surface area contributed by atoms with Crippen LogP contribution < -0.4 is 10.2 Å². The van der Waals surface area contributed by atoms with Gasteiger partial charge in [0.05, 0.1) is 17.1 Å². The first-order valence-corrected chi connectivity index (χ1v) is 12.4. The molecule has 188 valence electrons. The lowest BCUT2D eigenvalue weighted by molar-refractivity contribution is 0.488. The van der Waals surface area contributed by atoms with E-state index in [9.17, 15) is 4.39 Å². The number of piperidine rings is 1. The van der Waals surface area contributed by atoms with Crippen molar-refractivity contribution < 1.29 is 4.39 Å². The number of fused-ring (bicyclic) bond motifs is 1. The minimum Gasteiger partial charge on any atom is -0.350 e. The van der Waals surface area contributed by atoms with Gasteiger partial charge in [-0.1, -0.05) is 13.8 Å². The summed E-state index contributed by atoms with van der Waals surface area (Å²) in [4.78, 5) is 16.1. The molecule has 1 N–H and O–H groups in total. The van der Waals surface area contributed by atoms with Crippen LogP contribution >= 0.6 is 0 Å². The molecule has 1 aliphatic heterocycles. The zero-order chi connectivity index (χ0) is 25.4. The molecule has 0 saturated carbocycles. The largest absolute Gasteiger partial charge is 0.350 e. The first-order valence-electron chi connectivity index (χ1n) is 12.4. The van der Waals surface area contributed by atoms with E-state index in [1.807, 2.05) is 36.9 Å². The normalized spacial score (nSPS) is 14.5. The second kappa shape index (κ2) is 9.57. The Labute approximate surface area is 213 Å². The first-order chi connectivity index (χ1) is 18.1. The van der Waals surface area contributed by atoms with Gasteiger partial charge in [0.1, 0.15) is 12.1 Å². The maximum Gasteiger partial charge on any atom is 0.225 e. The lowest BCUT2D eigenvalue weighted by Gasteiger charge is -2.31. The van der Waals surface area contributed by atoms with Crippen LogP contribution in [0.25, 0.3) is 11.3 Å². The smallest absolute Gasteiger partial charge is 0.225 e. The Hall–Kier alpha value is -4.41. The molecule has 1 fully saturated rings. The molecule has 0 aliphatic carbocycles. The zero-order valence-corrected chi connectivity index (χ0v) is 20.7. The minimum atomic E-state index is -0.405. The lowest BCUT2D eigenvalue weighted by atomic mass is 9.94. The molecule has 4 aromatic heterocycles. The van der Waals surface area contributed by atoms with E-state index >= 15 is 0 Å². The van der Waals surface area contributed by atoms with E-state index in [1.54, 1.807) is 12.1 Å². The van der Waals surface area contributed by atoms with Crippen LogP contribution in [0, 0.1) is 5.82 Å². The molecule has 0 radical (unpaired) electrons. The first kappa shape index (κ1) is 23.0. The van der Waals surface area contributed by atoms with Crippen LogP contribution in [0.2, 0.25) is 0 Å². The highest BCUT2D eigenvalue weighted by atomic mass is 19.1. The Morgan fingerprint density at radius 2 is 1.81 bits per heavy atom. The van der Waals surface area contributed by atoms with E-state index in [4.69, 9.17) is 4.98 Å². The zero-order valence-electron chi connectivity index (χ0n) is 20.7. The molecule has 6 rings (SSSR count). The van der Waals surface area contributed by atoms with Crippen LogP contribution in [0.3, 0.4) is 0 Å². The van der Waals surface area contributed by atoms with Crippen molar-refractivity contribution in [2.45, 2.75) is 38.5 Å². The highest BCUT2D eigenvalue weighted by Crippen LogP contribution is 2.32. The van der Waals surface area contributed by atoms with E-state index in [-0.39, 0.29) is 0 Å². The standard InChI is InChI=1S/C26H27FN10/c1-17(2)19-13-29-26(30-14-19)35-10-7-18(8-11-35)24-15-28-25-23(4-3-9-36(24)25)32-22-6-5-20(12-21(22)27)37-16-31-33-34-37/h3-6,9,12-18,32H,7-8,10-11H2,1-2H3. The number of benzene rings is 1. The Balaban J connectivity index is 1.18. The molecule has 0 amide bonds. The second-order valence-corrected chi connectivity index (χ2v) is 9.57. The summed E-state index contributed by atoms with van der Waals surface area (Å²) in [7, 11) is 0. The number of aromatic nitrogens is 8. The van der Waals surface area contributed by atoms with E-state index in [2.05, 4.69) is 54.0 Å². The second-order valence-electron chi connectivity index (χ2n) is 9.57. The fourth-order valence-electron chi connectivity index (χ4n) is 4.77. The van der Waals surface area contributed by atoms with E-state index in [0.717, 1.165) is 54.5 Å². The predicted octanol–water partition coefficient (Wildman–Crippen LogP) is 4.49. The number of imidazole rings is 1. The van der Waals surface area contributed by atoms with Crippen molar-refractivity contribution in [3.63, 3.8) is 0 Å². The Morgan fingerprint density at radius 3 is 2.51 bits per heavy atom. The van der Waals surface area contributed by atoms with Crippen molar-refractivity contribution >= 4 is 23.0 Å². The quantitative estimate of drug-likeness (QED) is 0.365. The van der Waals surface area contributed by atoms with Gasteiger partial charge in [0.25, 0.3) is 0 Å².